The van der Waals surface area contributed by atoms with Crippen LogP contribution in [-0.2, 0) is 0 Å². The maximum Gasteiger partial charge on any atom is 0.323 e. The number of Topliss-reactive ketones (excluding diaryl/α,β-unsaturated/α-hetero) is 1. The number of H-pyrrole nitrogens is 1. The molecule has 3 aromatic carbocycles. The molecule has 0 unspecified atom stereocenters. The number of hydrogen-bond acceptors (Lipinski definition) is 6. The number of methoxy groups -OCH3 is 1. The molecule has 1 fully saturated rings. The van der Waals surface area contributed by atoms with E-state index in [2.05, 4.69) is 20.9 Å². The van der Waals surface area contributed by atoms with Crippen LogP contribution in [0.5, 0.6) is 11.5 Å². The number of allylic oxidation sites excluding steroid dienone is 1. The average molecular weight is 642 g/mol. The van der Waals surface area contributed by atoms with Crippen LogP contribution in [0.25, 0.3) is 17.0 Å². The van der Waals surface area contributed by atoms with E-state index >= 15 is 4.39 Å². The smallest absolute Gasteiger partial charge is 0.323 e. The first-order valence-electron chi connectivity index (χ1n) is 15.3. The van der Waals surface area contributed by atoms with Crippen molar-refractivity contribution in [2.45, 2.75) is 39.0 Å². The fourth-order valence-corrected chi connectivity index (χ4v) is 5.97. The number of benzene rings is 3. The van der Waals surface area contributed by atoms with E-state index in [1.165, 1.54) is 13.2 Å². The summed E-state index contributed by atoms with van der Waals surface area (Å²) in [6.07, 6.45) is 5.81. The van der Waals surface area contributed by atoms with Crippen molar-refractivity contribution in [2.75, 3.05) is 44.9 Å². The van der Waals surface area contributed by atoms with Crippen molar-refractivity contribution < 1.29 is 28.2 Å². The van der Waals surface area contributed by atoms with Crippen LogP contribution < -0.4 is 25.4 Å². The van der Waals surface area contributed by atoms with Gasteiger partial charge in [-0.05, 0) is 87.5 Å². The Balaban J connectivity index is 0.00000433. The van der Waals surface area contributed by atoms with Gasteiger partial charge in [0.1, 0.15) is 11.5 Å². The Morgan fingerprint density at radius 2 is 1.74 bits per heavy atom. The lowest BCUT2D eigenvalue weighted by atomic mass is 9.97. The maximum atomic E-state index is 15.0. The average Bonchev–Trinajstić information content (AvgIpc) is 3.76. The molecule has 11 heteroatoms. The van der Waals surface area contributed by atoms with Crippen LogP contribution in [0.15, 0.2) is 60.4 Å². The zero-order valence-corrected chi connectivity index (χ0v) is 26.0. The second-order valence-corrected chi connectivity index (χ2v) is 11.8. The summed E-state index contributed by atoms with van der Waals surface area (Å²) < 4.78 is 26.3. The van der Waals surface area contributed by atoms with Crippen molar-refractivity contribution in [3.05, 3.63) is 88.6 Å². The van der Waals surface area contributed by atoms with Gasteiger partial charge in [-0.1, -0.05) is 20.3 Å². The van der Waals surface area contributed by atoms with Gasteiger partial charge in [0, 0.05) is 52.7 Å². The number of aromatic amines is 1. The van der Waals surface area contributed by atoms with Crippen LogP contribution in [0.1, 0.15) is 71.0 Å². The summed E-state index contributed by atoms with van der Waals surface area (Å²) >= 11 is 0. The second-order valence-electron chi connectivity index (χ2n) is 11.8. The molecule has 1 aliphatic carbocycles. The van der Waals surface area contributed by atoms with Crippen LogP contribution >= 0.6 is 0 Å². The minimum absolute atomic E-state index is 0. The van der Waals surface area contributed by atoms with Crippen LogP contribution in [0.4, 0.5) is 20.6 Å². The number of halogens is 1. The minimum Gasteiger partial charge on any atom is -0.497 e. The second kappa shape index (κ2) is 14.1. The van der Waals surface area contributed by atoms with Gasteiger partial charge < -0.3 is 35.3 Å². The number of nitrogens with zero attached hydrogens (tertiary/aromatic N) is 1. The predicted octanol–water partition coefficient (Wildman–Crippen LogP) is 7.16. The van der Waals surface area contributed by atoms with Crippen LogP contribution in [0.3, 0.4) is 0 Å². The van der Waals surface area contributed by atoms with Crippen molar-refractivity contribution in [3.63, 3.8) is 0 Å². The lowest BCUT2D eigenvalue weighted by Crippen LogP contribution is -2.31. The van der Waals surface area contributed by atoms with E-state index in [0.29, 0.717) is 57.0 Å². The quantitative estimate of drug-likeness (QED) is 0.144. The molecule has 4 N–H and O–H groups in total. The first-order valence-corrected chi connectivity index (χ1v) is 15.3. The maximum absolute atomic E-state index is 15.0. The molecule has 1 aromatic heterocycles. The molecule has 0 atom stereocenters. The number of carbonyl (C=O) groups excluding carboxylic acids is 3. The zero-order chi connectivity index (χ0) is 32.4. The highest BCUT2D eigenvalue weighted by molar-refractivity contribution is 6.16. The first kappa shape index (κ1) is 33.2. The van der Waals surface area contributed by atoms with Crippen LogP contribution in [0, 0.1) is 5.82 Å². The van der Waals surface area contributed by atoms with Gasteiger partial charge in [-0.3, -0.25) is 9.59 Å². The van der Waals surface area contributed by atoms with Crippen LogP contribution in [0.2, 0.25) is 0 Å². The monoisotopic (exact) mass is 641 g/mol. The van der Waals surface area contributed by atoms with Gasteiger partial charge >= 0.3 is 6.03 Å². The number of carbonyl (C=O) groups is 3. The Bertz CT molecular complexity index is 1840. The summed E-state index contributed by atoms with van der Waals surface area (Å²) in [7, 11) is 5.35. The Hall–Kier alpha value is -5.16. The summed E-state index contributed by atoms with van der Waals surface area (Å²) in [5.41, 5.74) is 3.66. The summed E-state index contributed by atoms with van der Waals surface area (Å²) in [4.78, 5) is 43.9. The van der Waals surface area contributed by atoms with Crippen LogP contribution in [-0.4, -0.2) is 61.9 Å². The number of fused-ring (bicyclic) bond motifs is 2. The highest BCUT2D eigenvalue weighted by atomic mass is 19.1. The summed E-state index contributed by atoms with van der Waals surface area (Å²) in [5.74, 6) is 0.134. The molecule has 1 saturated carbocycles. The molecule has 0 bridgehead atoms. The molecule has 6 rings (SSSR count). The van der Waals surface area contributed by atoms with E-state index in [9.17, 15) is 14.4 Å². The Morgan fingerprint density at radius 3 is 2.45 bits per heavy atom. The van der Waals surface area contributed by atoms with Crippen molar-refractivity contribution in [1.82, 2.24) is 15.2 Å². The summed E-state index contributed by atoms with van der Waals surface area (Å²) in [6.45, 7) is 1.26. The van der Waals surface area contributed by atoms with E-state index in [1.54, 1.807) is 54.6 Å². The third-order valence-corrected chi connectivity index (χ3v) is 8.35. The largest absolute Gasteiger partial charge is 0.497 e. The third-order valence-electron chi connectivity index (χ3n) is 8.35. The van der Waals surface area contributed by atoms with Crippen molar-refractivity contribution in [3.8, 4) is 11.5 Å². The number of hydrogen-bond donors (Lipinski definition) is 4. The Kier molecular flexibility index (Phi) is 9.95. The Morgan fingerprint density at radius 1 is 1.04 bits per heavy atom. The molecular weight excluding hydrogens is 601 g/mol. The van der Waals surface area contributed by atoms with Gasteiger partial charge in [-0.15, -0.1) is 0 Å². The number of nitrogens with one attached hydrogen (secondary N) is 4. The van der Waals surface area contributed by atoms with Crippen molar-refractivity contribution in [2.24, 2.45) is 0 Å². The summed E-state index contributed by atoms with van der Waals surface area (Å²) in [5, 5.41) is 8.95. The predicted molar refractivity (Wildman–Crippen MR) is 182 cm³/mol. The number of anilines is 2. The van der Waals surface area contributed by atoms with Gasteiger partial charge in [-0.2, -0.15) is 0 Å². The highest BCUT2D eigenvalue weighted by Crippen LogP contribution is 2.42. The van der Waals surface area contributed by atoms with Gasteiger partial charge in [0.05, 0.1) is 18.2 Å². The molecule has 4 aromatic rings. The molecule has 246 valence electrons. The molecule has 3 amide bonds. The third kappa shape index (κ3) is 7.15. The fraction of sp³-hybridized carbons (Fsp3) is 0.306. The molecule has 10 nitrogen and oxygen atoms in total. The zero-order valence-electron chi connectivity index (χ0n) is 26.0. The molecule has 1 aliphatic heterocycles. The molecule has 0 saturated heterocycles. The van der Waals surface area contributed by atoms with Gasteiger partial charge in [0.2, 0.25) is 5.78 Å². The number of ketones is 1. The lowest BCUT2D eigenvalue weighted by Gasteiger charge is -2.11. The standard InChI is InChI=1S/C35H36FN5O5.CH4/c1-41(2)15-14-37-34(43)21-8-10-22(11-9-21)38-35(44)39-23-12-13-29-27(16-23)33(42)30(46-29)19-26-25-17-24(45-3)18-28(36)32(25)40-31(26)20-6-4-5-7-20;/h8-13,16-20,40H,4-7,14-15H2,1-3H3,(H,37,43)(H2,38,39,44);1H4/b30-19-;. The van der Waals surface area contributed by atoms with Crippen molar-refractivity contribution >= 4 is 46.1 Å². The van der Waals surface area contributed by atoms with E-state index in [0.717, 1.165) is 37.9 Å². The lowest BCUT2D eigenvalue weighted by molar-refractivity contribution is 0.0950. The van der Waals surface area contributed by atoms with Gasteiger partial charge in [0.15, 0.2) is 11.6 Å². The van der Waals surface area contributed by atoms with E-state index in [-0.39, 0.29) is 30.8 Å². The Labute approximate surface area is 273 Å². The number of urea groups is 1. The number of ether oxygens (including phenoxy) is 2. The number of rotatable bonds is 9. The molecule has 0 radical (unpaired) electrons. The minimum atomic E-state index is -0.513. The van der Waals surface area contributed by atoms with E-state index in [1.807, 2.05) is 19.0 Å². The first-order chi connectivity index (χ1) is 22.2. The van der Waals surface area contributed by atoms with Gasteiger partial charge in [0.25, 0.3) is 5.91 Å². The normalized spacial score (nSPS) is 15.0. The van der Waals surface area contributed by atoms with Gasteiger partial charge in [-0.25, -0.2) is 9.18 Å². The SMILES string of the molecule is C.COc1cc(F)c2[nH]c(C3CCCC3)c(/C=C3\Oc4ccc(NC(=O)Nc5ccc(C(=O)NCCN(C)C)cc5)cc4C3=O)c2c1. The molecule has 47 heavy (non-hydrogen) atoms. The van der Waals surface area contributed by atoms with Crippen molar-refractivity contribution in [1.29, 1.82) is 0 Å². The molecule has 2 heterocycles. The topological polar surface area (TPSA) is 125 Å². The van der Waals surface area contributed by atoms with E-state index < -0.39 is 11.8 Å². The number of amides is 3. The number of likely N-dealkylation sites (N-methyl/N-ethyl adjacent to an activating group) is 1. The summed E-state index contributed by atoms with van der Waals surface area (Å²) in [6, 6.07) is 14.0. The molecule has 0 spiro atoms. The molecule has 2 aliphatic rings. The number of aromatic nitrogens is 1. The molecular formula is C36H40FN5O5. The highest BCUT2D eigenvalue weighted by Gasteiger charge is 2.30. The fourth-order valence-electron chi connectivity index (χ4n) is 5.97. The van der Waals surface area contributed by atoms with E-state index in [4.69, 9.17) is 9.47 Å².